The smallest absolute Gasteiger partial charge is 0.225 e. The molecule has 0 aromatic carbocycles. The number of hydrogen-bond acceptors (Lipinski definition) is 6. The van der Waals surface area contributed by atoms with Gasteiger partial charge in [-0.3, -0.25) is 4.79 Å². The monoisotopic (exact) mass is 397 g/mol. The minimum atomic E-state index is -0.188. The third kappa shape index (κ3) is 3.36. The van der Waals surface area contributed by atoms with Crippen LogP contribution in [0.1, 0.15) is 64.7 Å². The first-order valence-electron chi connectivity index (χ1n) is 11.2. The number of nitrogens with one attached hydrogen (secondary N) is 1. The van der Waals surface area contributed by atoms with Crippen LogP contribution in [0.25, 0.3) is 5.65 Å². The molecular weight excluding hydrogens is 366 g/mol. The molecule has 2 aromatic heterocycles. The Kier molecular flexibility index (Phi) is 4.67. The van der Waals surface area contributed by atoms with Crippen molar-refractivity contribution < 1.29 is 4.79 Å². The fraction of sp³-hybridized carbons (Fsp3) is 0.762. The van der Waals surface area contributed by atoms with Gasteiger partial charge in [-0.25, -0.2) is 0 Å². The Morgan fingerprint density at radius 1 is 1.17 bits per heavy atom. The molecule has 0 spiro atoms. The quantitative estimate of drug-likeness (QED) is 0.798. The molecule has 2 atom stereocenters. The van der Waals surface area contributed by atoms with E-state index in [1.165, 1.54) is 49.6 Å². The van der Waals surface area contributed by atoms with Crippen molar-refractivity contribution in [3.05, 3.63) is 12.1 Å². The first-order valence-corrected chi connectivity index (χ1v) is 11.2. The van der Waals surface area contributed by atoms with Crippen molar-refractivity contribution in [2.75, 3.05) is 24.5 Å². The first-order chi connectivity index (χ1) is 14.1. The van der Waals surface area contributed by atoms with Gasteiger partial charge in [-0.1, -0.05) is 39.0 Å². The van der Waals surface area contributed by atoms with E-state index in [2.05, 4.69) is 37.8 Å². The SMILES string of the molecule is CC1(C(=O)NC[C@]23CCC[C@H]2CN(c2ccc4nnnn4n2)C3)CCCCCC1. The number of carbonyl (C=O) groups excluding carboxylic acids is 1. The number of nitrogens with zero attached hydrogens (tertiary/aromatic N) is 6. The molecule has 1 saturated heterocycles. The van der Waals surface area contributed by atoms with Crippen LogP contribution in [0, 0.1) is 16.7 Å². The molecule has 8 nitrogen and oxygen atoms in total. The van der Waals surface area contributed by atoms with Crippen molar-refractivity contribution >= 4 is 17.4 Å². The summed E-state index contributed by atoms with van der Waals surface area (Å²) in [6.45, 7) is 4.89. The summed E-state index contributed by atoms with van der Waals surface area (Å²) in [5, 5.41) is 19.5. The highest BCUT2D eigenvalue weighted by atomic mass is 16.2. The Morgan fingerprint density at radius 2 is 2.00 bits per heavy atom. The number of hydrogen-bond donors (Lipinski definition) is 1. The van der Waals surface area contributed by atoms with Gasteiger partial charge in [0.15, 0.2) is 11.5 Å². The van der Waals surface area contributed by atoms with Gasteiger partial charge in [0.1, 0.15) is 0 Å². The maximum Gasteiger partial charge on any atom is 0.225 e. The van der Waals surface area contributed by atoms with Gasteiger partial charge in [0.05, 0.1) is 0 Å². The molecule has 1 N–H and O–H groups in total. The van der Waals surface area contributed by atoms with E-state index in [-0.39, 0.29) is 16.7 Å². The van der Waals surface area contributed by atoms with Gasteiger partial charge in [0, 0.05) is 30.5 Å². The highest BCUT2D eigenvalue weighted by Gasteiger charge is 2.50. The molecule has 3 aliphatic rings. The zero-order valence-corrected chi connectivity index (χ0v) is 17.3. The lowest BCUT2D eigenvalue weighted by Gasteiger charge is -2.33. The summed E-state index contributed by atoms with van der Waals surface area (Å²) in [5.74, 6) is 1.79. The van der Waals surface area contributed by atoms with Crippen LogP contribution >= 0.6 is 0 Å². The Balaban J connectivity index is 1.29. The largest absolute Gasteiger partial charge is 0.355 e. The van der Waals surface area contributed by atoms with E-state index in [0.29, 0.717) is 11.6 Å². The van der Waals surface area contributed by atoms with Crippen LogP contribution in [-0.2, 0) is 4.79 Å². The normalized spacial score (nSPS) is 29.0. The summed E-state index contributed by atoms with van der Waals surface area (Å²) >= 11 is 0. The maximum atomic E-state index is 13.1. The van der Waals surface area contributed by atoms with E-state index in [9.17, 15) is 4.79 Å². The topological polar surface area (TPSA) is 88.3 Å². The third-order valence-electron chi connectivity index (χ3n) is 7.78. The second kappa shape index (κ2) is 7.22. The predicted molar refractivity (Wildman–Crippen MR) is 109 cm³/mol. The van der Waals surface area contributed by atoms with Gasteiger partial charge in [-0.2, -0.15) is 0 Å². The van der Waals surface area contributed by atoms with E-state index in [1.54, 1.807) is 0 Å². The fourth-order valence-electron chi connectivity index (χ4n) is 5.89. The molecule has 1 amide bonds. The molecule has 5 rings (SSSR count). The number of carbonyl (C=O) groups is 1. The lowest BCUT2D eigenvalue weighted by molar-refractivity contribution is -0.131. The second-order valence-corrected chi connectivity index (χ2v) is 9.71. The van der Waals surface area contributed by atoms with Gasteiger partial charge in [0.2, 0.25) is 5.91 Å². The van der Waals surface area contributed by atoms with Crippen LogP contribution in [-0.4, -0.2) is 50.8 Å². The number of fused-ring (bicyclic) bond motifs is 2. The molecule has 2 aliphatic carbocycles. The molecule has 29 heavy (non-hydrogen) atoms. The fourth-order valence-corrected chi connectivity index (χ4v) is 5.89. The lowest BCUT2D eigenvalue weighted by Crippen LogP contribution is -2.46. The van der Waals surface area contributed by atoms with Gasteiger partial charge in [-0.15, -0.1) is 14.8 Å². The third-order valence-corrected chi connectivity index (χ3v) is 7.78. The average molecular weight is 398 g/mol. The zero-order chi connectivity index (χ0) is 19.9. The minimum Gasteiger partial charge on any atom is -0.355 e. The van der Waals surface area contributed by atoms with Crippen molar-refractivity contribution in [1.82, 2.24) is 30.6 Å². The molecule has 0 radical (unpaired) electrons. The van der Waals surface area contributed by atoms with Crippen LogP contribution < -0.4 is 10.2 Å². The van der Waals surface area contributed by atoms with Gasteiger partial charge in [0.25, 0.3) is 0 Å². The van der Waals surface area contributed by atoms with E-state index in [1.807, 2.05) is 12.1 Å². The first kappa shape index (κ1) is 18.8. The number of amides is 1. The van der Waals surface area contributed by atoms with Crippen molar-refractivity contribution in [1.29, 1.82) is 0 Å². The predicted octanol–water partition coefficient (Wildman–Crippen LogP) is 2.60. The average Bonchev–Trinajstić information content (AvgIpc) is 3.37. The number of rotatable bonds is 4. The maximum absolute atomic E-state index is 13.1. The highest BCUT2D eigenvalue weighted by Crippen LogP contribution is 2.49. The van der Waals surface area contributed by atoms with Crippen LogP contribution in [0.15, 0.2) is 12.1 Å². The van der Waals surface area contributed by atoms with Crippen LogP contribution in [0.5, 0.6) is 0 Å². The van der Waals surface area contributed by atoms with E-state index >= 15 is 0 Å². The summed E-state index contributed by atoms with van der Waals surface area (Å²) in [5.41, 5.74) is 0.631. The molecule has 3 heterocycles. The van der Waals surface area contributed by atoms with E-state index in [4.69, 9.17) is 0 Å². The van der Waals surface area contributed by atoms with E-state index in [0.717, 1.165) is 38.3 Å². The molecule has 156 valence electrons. The Labute approximate surface area is 171 Å². The molecule has 2 aromatic rings. The number of tetrazole rings is 1. The van der Waals surface area contributed by atoms with Crippen LogP contribution in [0.3, 0.4) is 0 Å². The Bertz CT molecular complexity index is 888. The van der Waals surface area contributed by atoms with E-state index < -0.39 is 0 Å². The summed E-state index contributed by atoms with van der Waals surface area (Å²) in [6, 6.07) is 3.92. The van der Waals surface area contributed by atoms with Crippen molar-refractivity contribution in [3.63, 3.8) is 0 Å². The molecule has 0 unspecified atom stereocenters. The highest BCUT2D eigenvalue weighted by molar-refractivity contribution is 5.82. The molecular formula is C21H31N7O. The molecule has 8 heteroatoms. The summed E-state index contributed by atoms with van der Waals surface area (Å²) in [6.07, 6.45) is 10.6. The number of anilines is 1. The molecule has 3 fully saturated rings. The zero-order valence-electron chi connectivity index (χ0n) is 17.3. The molecule has 1 aliphatic heterocycles. The van der Waals surface area contributed by atoms with Crippen molar-refractivity contribution in [2.45, 2.75) is 64.7 Å². The number of aromatic nitrogens is 5. The van der Waals surface area contributed by atoms with Gasteiger partial charge >= 0.3 is 0 Å². The summed E-state index contributed by atoms with van der Waals surface area (Å²) < 4.78 is 1.49. The van der Waals surface area contributed by atoms with Crippen LogP contribution in [0.2, 0.25) is 0 Å². The van der Waals surface area contributed by atoms with Crippen LogP contribution in [0.4, 0.5) is 5.82 Å². The van der Waals surface area contributed by atoms with Gasteiger partial charge in [-0.05, 0) is 54.2 Å². The van der Waals surface area contributed by atoms with Crippen molar-refractivity contribution in [2.24, 2.45) is 16.7 Å². The second-order valence-electron chi connectivity index (χ2n) is 9.71. The van der Waals surface area contributed by atoms with Crippen molar-refractivity contribution in [3.8, 4) is 0 Å². The standard InChI is InChI=1S/C21H31N7O/c1-20(10-4-2-3-5-11-20)19(29)22-14-21-12-6-7-16(21)13-27(15-21)18-9-8-17-23-25-26-28(17)24-18/h8-9,16H,2-7,10-15H2,1H3,(H,22,29)/t16-,21-/m0/s1. The Hall–Kier alpha value is -2.25. The summed E-state index contributed by atoms with van der Waals surface area (Å²) in [4.78, 5) is 15.5. The minimum absolute atomic E-state index is 0.161. The lowest BCUT2D eigenvalue weighted by atomic mass is 9.78. The Morgan fingerprint density at radius 3 is 2.83 bits per heavy atom. The summed E-state index contributed by atoms with van der Waals surface area (Å²) in [7, 11) is 0. The van der Waals surface area contributed by atoms with Gasteiger partial charge < -0.3 is 10.2 Å². The molecule has 2 saturated carbocycles. The molecule has 0 bridgehead atoms.